The molecule has 0 aliphatic rings. The van der Waals surface area contributed by atoms with Crippen LogP contribution in [0.2, 0.25) is 5.02 Å². The summed E-state index contributed by atoms with van der Waals surface area (Å²) in [6, 6.07) is 5.61. The summed E-state index contributed by atoms with van der Waals surface area (Å²) in [5.74, 6) is 0.969. The van der Waals surface area contributed by atoms with Gasteiger partial charge in [-0.3, -0.25) is 4.79 Å². The van der Waals surface area contributed by atoms with Crippen LogP contribution in [0.5, 0.6) is 11.5 Å². The van der Waals surface area contributed by atoms with Crippen molar-refractivity contribution in [2.45, 2.75) is 13.3 Å². The monoisotopic (exact) mass is 324 g/mol. The van der Waals surface area contributed by atoms with E-state index in [9.17, 15) is 4.79 Å². The van der Waals surface area contributed by atoms with Crippen molar-refractivity contribution in [3.8, 4) is 11.5 Å². The van der Waals surface area contributed by atoms with E-state index in [1.54, 1.807) is 21.1 Å². The SMILES string of the molecule is COc1ccc(CCNC(=O)c2onc(C)c2Cl)cc1OC. The minimum Gasteiger partial charge on any atom is -0.493 e. The molecule has 22 heavy (non-hydrogen) atoms. The number of amides is 1. The lowest BCUT2D eigenvalue weighted by Crippen LogP contribution is -2.25. The second kappa shape index (κ2) is 7.17. The number of aromatic nitrogens is 1. The van der Waals surface area contributed by atoms with E-state index < -0.39 is 0 Å². The average molecular weight is 325 g/mol. The number of benzene rings is 1. The molecule has 1 amide bonds. The van der Waals surface area contributed by atoms with Gasteiger partial charge in [-0.1, -0.05) is 22.8 Å². The first-order valence-electron chi connectivity index (χ1n) is 6.67. The van der Waals surface area contributed by atoms with Crippen molar-refractivity contribution in [1.29, 1.82) is 0 Å². The summed E-state index contributed by atoms with van der Waals surface area (Å²) in [5.41, 5.74) is 1.50. The predicted molar refractivity (Wildman–Crippen MR) is 81.8 cm³/mol. The van der Waals surface area contributed by atoms with Gasteiger partial charge in [-0.15, -0.1) is 0 Å². The van der Waals surface area contributed by atoms with E-state index >= 15 is 0 Å². The first-order chi connectivity index (χ1) is 10.6. The highest BCUT2D eigenvalue weighted by Gasteiger charge is 2.18. The molecule has 0 unspecified atom stereocenters. The van der Waals surface area contributed by atoms with E-state index in [-0.39, 0.29) is 16.7 Å². The van der Waals surface area contributed by atoms with Crippen LogP contribution in [0.15, 0.2) is 22.7 Å². The zero-order valence-electron chi connectivity index (χ0n) is 12.6. The van der Waals surface area contributed by atoms with Crippen LogP contribution >= 0.6 is 11.6 Å². The molecule has 0 spiro atoms. The van der Waals surface area contributed by atoms with Gasteiger partial charge < -0.3 is 19.3 Å². The van der Waals surface area contributed by atoms with E-state index in [1.165, 1.54) is 0 Å². The molecule has 0 aliphatic carbocycles. The normalized spacial score (nSPS) is 10.4. The van der Waals surface area contributed by atoms with Gasteiger partial charge in [-0.05, 0) is 31.0 Å². The third-order valence-corrected chi connectivity index (χ3v) is 3.59. The second-order valence-corrected chi connectivity index (χ2v) is 4.98. The molecule has 1 aromatic heterocycles. The Morgan fingerprint density at radius 1 is 1.32 bits per heavy atom. The standard InChI is InChI=1S/C15H17ClN2O4/c1-9-13(16)14(22-18-9)15(19)17-7-6-10-4-5-11(20-2)12(8-10)21-3/h4-5,8H,6-7H2,1-3H3,(H,17,19). The molecule has 0 atom stereocenters. The van der Waals surface area contributed by atoms with Crippen LogP contribution < -0.4 is 14.8 Å². The highest BCUT2D eigenvalue weighted by molar-refractivity contribution is 6.33. The number of hydrogen-bond donors (Lipinski definition) is 1. The van der Waals surface area contributed by atoms with Crippen LogP contribution in [-0.4, -0.2) is 31.8 Å². The Morgan fingerprint density at radius 3 is 2.64 bits per heavy atom. The third kappa shape index (κ3) is 3.51. The van der Waals surface area contributed by atoms with Crippen LogP contribution in [0.25, 0.3) is 0 Å². The summed E-state index contributed by atoms with van der Waals surface area (Å²) in [6.45, 7) is 2.11. The Kier molecular flexibility index (Phi) is 5.27. The molecule has 1 N–H and O–H groups in total. The van der Waals surface area contributed by atoms with Crippen molar-refractivity contribution < 1.29 is 18.8 Å². The first kappa shape index (κ1) is 16.2. The fourth-order valence-corrected chi connectivity index (χ4v) is 2.09. The minimum absolute atomic E-state index is 0.0338. The molecule has 0 bridgehead atoms. The van der Waals surface area contributed by atoms with Gasteiger partial charge in [0.15, 0.2) is 11.5 Å². The minimum atomic E-state index is -0.383. The first-order valence-corrected chi connectivity index (χ1v) is 7.05. The summed E-state index contributed by atoms with van der Waals surface area (Å²) in [5, 5.41) is 6.62. The number of aryl methyl sites for hydroxylation is 1. The highest BCUT2D eigenvalue weighted by atomic mass is 35.5. The fourth-order valence-electron chi connectivity index (χ4n) is 1.94. The van der Waals surface area contributed by atoms with Gasteiger partial charge in [-0.2, -0.15) is 0 Å². The lowest BCUT2D eigenvalue weighted by molar-refractivity contribution is 0.0917. The van der Waals surface area contributed by atoms with Crippen molar-refractivity contribution >= 4 is 17.5 Å². The topological polar surface area (TPSA) is 73.6 Å². The molecule has 1 heterocycles. The number of hydrogen-bond acceptors (Lipinski definition) is 5. The van der Waals surface area contributed by atoms with Crippen LogP contribution in [0.3, 0.4) is 0 Å². The fraction of sp³-hybridized carbons (Fsp3) is 0.333. The lowest BCUT2D eigenvalue weighted by atomic mass is 10.1. The summed E-state index contributed by atoms with van der Waals surface area (Å²) >= 11 is 5.93. The molecule has 7 heteroatoms. The molecule has 1 aromatic carbocycles. The van der Waals surface area contributed by atoms with Gasteiger partial charge in [0.05, 0.1) is 19.9 Å². The van der Waals surface area contributed by atoms with Gasteiger partial charge in [0, 0.05) is 6.54 Å². The molecule has 2 rings (SSSR count). The van der Waals surface area contributed by atoms with Gasteiger partial charge in [-0.25, -0.2) is 0 Å². The van der Waals surface area contributed by atoms with E-state index in [1.807, 2.05) is 18.2 Å². The van der Waals surface area contributed by atoms with Crippen molar-refractivity contribution in [1.82, 2.24) is 10.5 Å². The summed E-state index contributed by atoms with van der Waals surface area (Å²) in [7, 11) is 3.17. The summed E-state index contributed by atoms with van der Waals surface area (Å²) < 4.78 is 15.3. The molecular weight excluding hydrogens is 308 g/mol. The maximum Gasteiger partial charge on any atom is 0.291 e. The van der Waals surface area contributed by atoms with Crippen LogP contribution in [0.4, 0.5) is 0 Å². The van der Waals surface area contributed by atoms with Crippen molar-refractivity contribution in [2.24, 2.45) is 0 Å². The number of ether oxygens (including phenoxy) is 2. The Labute approximate surface area is 133 Å². The number of rotatable bonds is 6. The molecular formula is C15H17ClN2O4. The van der Waals surface area contributed by atoms with Gasteiger partial charge in [0.2, 0.25) is 5.76 Å². The second-order valence-electron chi connectivity index (χ2n) is 4.61. The summed E-state index contributed by atoms with van der Waals surface area (Å²) in [4.78, 5) is 11.9. The van der Waals surface area contributed by atoms with Crippen molar-refractivity contribution in [3.63, 3.8) is 0 Å². The van der Waals surface area contributed by atoms with E-state index in [0.29, 0.717) is 30.2 Å². The zero-order chi connectivity index (χ0) is 16.1. The Bertz CT molecular complexity index is 670. The van der Waals surface area contributed by atoms with Gasteiger partial charge in [0.25, 0.3) is 5.91 Å². The van der Waals surface area contributed by atoms with E-state index in [2.05, 4.69) is 10.5 Å². The largest absolute Gasteiger partial charge is 0.493 e. The Balaban J connectivity index is 1.94. The molecule has 0 saturated carbocycles. The molecule has 0 fully saturated rings. The molecule has 118 valence electrons. The smallest absolute Gasteiger partial charge is 0.291 e. The average Bonchev–Trinajstić information content (AvgIpc) is 2.86. The molecule has 0 saturated heterocycles. The number of nitrogens with zero attached hydrogens (tertiary/aromatic N) is 1. The van der Waals surface area contributed by atoms with Crippen LogP contribution in [-0.2, 0) is 6.42 Å². The molecule has 0 radical (unpaired) electrons. The van der Waals surface area contributed by atoms with Crippen LogP contribution in [0.1, 0.15) is 21.8 Å². The zero-order valence-corrected chi connectivity index (χ0v) is 13.4. The molecule has 0 aliphatic heterocycles. The number of carbonyl (C=O) groups excluding carboxylic acids is 1. The lowest BCUT2D eigenvalue weighted by Gasteiger charge is -2.09. The number of methoxy groups -OCH3 is 2. The van der Waals surface area contributed by atoms with Gasteiger partial charge in [0.1, 0.15) is 5.02 Å². The maximum absolute atomic E-state index is 11.9. The van der Waals surface area contributed by atoms with E-state index in [0.717, 1.165) is 5.56 Å². The number of nitrogens with one attached hydrogen (secondary N) is 1. The number of halogens is 1. The predicted octanol–water partition coefficient (Wildman–Crippen LogP) is 2.63. The summed E-state index contributed by atoms with van der Waals surface area (Å²) in [6.07, 6.45) is 0.636. The number of carbonyl (C=O) groups is 1. The van der Waals surface area contributed by atoms with Crippen LogP contribution in [0, 0.1) is 6.92 Å². The highest BCUT2D eigenvalue weighted by Crippen LogP contribution is 2.27. The van der Waals surface area contributed by atoms with E-state index in [4.69, 9.17) is 25.6 Å². The maximum atomic E-state index is 11.9. The molecule has 6 nitrogen and oxygen atoms in total. The molecule has 2 aromatic rings. The van der Waals surface area contributed by atoms with Gasteiger partial charge >= 0.3 is 0 Å². The van der Waals surface area contributed by atoms with Crippen molar-refractivity contribution in [2.75, 3.05) is 20.8 Å². The quantitative estimate of drug-likeness (QED) is 0.884. The third-order valence-electron chi connectivity index (χ3n) is 3.14. The van der Waals surface area contributed by atoms with Crippen molar-refractivity contribution in [3.05, 3.63) is 40.2 Å². The Morgan fingerprint density at radius 2 is 2.05 bits per heavy atom. The Hall–Kier alpha value is -2.21.